The van der Waals surface area contributed by atoms with Crippen molar-refractivity contribution in [3.63, 3.8) is 0 Å². The van der Waals surface area contributed by atoms with E-state index in [1.165, 1.54) is 6.07 Å². The van der Waals surface area contributed by atoms with Crippen LogP contribution in [0.3, 0.4) is 0 Å². The van der Waals surface area contributed by atoms with Gasteiger partial charge in [-0.2, -0.15) is 5.10 Å². The van der Waals surface area contributed by atoms with Gasteiger partial charge in [0, 0.05) is 35.4 Å². The number of fused-ring (bicyclic) bond motifs is 2. The summed E-state index contributed by atoms with van der Waals surface area (Å²) in [6, 6.07) is 8.98. The normalized spacial score (nSPS) is 13.4. The maximum absolute atomic E-state index is 13.1. The molecular formula is C21H20BrN3O3. The molecule has 0 aliphatic carbocycles. The van der Waals surface area contributed by atoms with E-state index in [4.69, 9.17) is 0 Å². The summed E-state index contributed by atoms with van der Waals surface area (Å²) in [6.07, 6.45) is 0.375. The van der Waals surface area contributed by atoms with Crippen LogP contribution in [-0.2, 0) is 13.1 Å². The van der Waals surface area contributed by atoms with Gasteiger partial charge in [-0.05, 0) is 35.2 Å². The number of halogens is 1. The predicted octanol–water partition coefficient (Wildman–Crippen LogP) is 4.42. The molecule has 144 valence electrons. The molecule has 0 spiro atoms. The molecule has 2 N–H and O–H groups in total. The molecule has 6 nitrogen and oxygen atoms in total. The average Bonchev–Trinajstić information content (AvgIpc) is 3.22. The molecular weight excluding hydrogens is 422 g/mol. The molecule has 1 amide bonds. The van der Waals surface area contributed by atoms with Crippen molar-refractivity contribution < 1.29 is 14.7 Å². The molecule has 1 aromatic heterocycles. The summed E-state index contributed by atoms with van der Waals surface area (Å²) in [4.78, 5) is 27.3. The van der Waals surface area contributed by atoms with Crippen LogP contribution in [0, 0.1) is 5.92 Å². The zero-order valence-electron chi connectivity index (χ0n) is 15.6. The third-order valence-corrected chi connectivity index (χ3v) is 5.44. The number of hydrogen-bond acceptors (Lipinski definition) is 4. The quantitative estimate of drug-likeness (QED) is 0.586. The second-order valence-corrected chi connectivity index (χ2v) is 8.50. The molecule has 0 fully saturated rings. The number of nitrogens with zero attached hydrogens (tertiary/aromatic N) is 2. The van der Waals surface area contributed by atoms with E-state index >= 15 is 0 Å². The molecule has 3 aromatic rings. The smallest absolute Gasteiger partial charge is 0.258 e. The number of Topliss-reactive ketones (excluding diaryl/α,β-unsaturated/α-hetero) is 1. The first-order valence-corrected chi connectivity index (χ1v) is 9.93. The zero-order valence-corrected chi connectivity index (χ0v) is 17.2. The van der Waals surface area contributed by atoms with Gasteiger partial charge in [0.1, 0.15) is 11.4 Å². The highest BCUT2D eigenvalue weighted by molar-refractivity contribution is 9.10. The molecule has 4 rings (SSSR count). The first-order chi connectivity index (χ1) is 13.3. The first-order valence-electron chi connectivity index (χ1n) is 9.14. The molecule has 0 unspecified atom stereocenters. The number of rotatable bonds is 4. The lowest BCUT2D eigenvalue weighted by Gasteiger charge is -2.16. The number of carbonyl (C=O) groups excluding carboxylic acids is 2. The second kappa shape index (κ2) is 7.05. The Hall–Kier alpha value is -2.67. The van der Waals surface area contributed by atoms with Gasteiger partial charge in [0.15, 0.2) is 5.78 Å². The number of amides is 1. The fourth-order valence-corrected chi connectivity index (χ4v) is 3.99. The minimum atomic E-state index is -0.268. The van der Waals surface area contributed by atoms with Gasteiger partial charge in [0.05, 0.1) is 11.1 Å². The van der Waals surface area contributed by atoms with Crippen LogP contribution in [0.5, 0.6) is 5.75 Å². The Morgan fingerprint density at radius 2 is 1.96 bits per heavy atom. The Kier molecular flexibility index (Phi) is 4.71. The lowest BCUT2D eigenvalue weighted by molar-refractivity contribution is 0.0748. The fraction of sp³-hybridized carbons (Fsp3) is 0.286. The Morgan fingerprint density at radius 3 is 2.71 bits per heavy atom. The highest BCUT2D eigenvalue weighted by Gasteiger charge is 2.27. The summed E-state index contributed by atoms with van der Waals surface area (Å²) in [6.45, 7) is 4.91. The minimum absolute atomic E-state index is 0.0798. The van der Waals surface area contributed by atoms with Crippen LogP contribution in [0.2, 0.25) is 0 Å². The van der Waals surface area contributed by atoms with Gasteiger partial charge in [-0.3, -0.25) is 14.7 Å². The highest BCUT2D eigenvalue weighted by atomic mass is 79.9. The Balaban J connectivity index is 1.68. The maximum atomic E-state index is 13.1. The summed E-state index contributed by atoms with van der Waals surface area (Å²) in [7, 11) is 0. The predicted molar refractivity (Wildman–Crippen MR) is 109 cm³/mol. The number of phenols is 1. The average molecular weight is 442 g/mol. The van der Waals surface area contributed by atoms with E-state index < -0.39 is 0 Å². The number of H-pyrrole nitrogens is 1. The molecule has 2 aromatic carbocycles. The van der Waals surface area contributed by atoms with Crippen molar-refractivity contribution in [3.8, 4) is 5.75 Å². The van der Waals surface area contributed by atoms with Crippen LogP contribution in [0.15, 0.2) is 34.8 Å². The van der Waals surface area contributed by atoms with Crippen LogP contribution < -0.4 is 0 Å². The largest absolute Gasteiger partial charge is 0.507 e. The molecule has 7 heteroatoms. The van der Waals surface area contributed by atoms with Crippen LogP contribution in [-0.4, -0.2) is 31.9 Å². The van der Waals surface area contributed by atoms with Gasteiger partial charge in [-0.25, -0.2) is 0 Å². The van der Waals surface area contributed by atoms with E-state index in [0.29, 0.717) is 36.1 Å². The third kappa shape index (κ3) is 3.30. The van der Waals surface area contributed by atoms with Crippen molar-refractivity contribution >= 4 is 38.5 Å². The Bertz CT molecular complexity index is 1100. The maximum Gasteiger partial charge on any atom is 0.258 e. The molecule has 0 atom stereocenters. The van der Waals surface area contributed by atoms with Crippen LogP contribution in [0.4, 0.5) is 0 Å². The summed E-state index contributed by atoms with van der Waals surface area (Å²) < 4.78 is 0.969. The molecule has 0 radical (unpaired) electrons. The van der Waals surface area contributed by atoms with Crippen molar-refractivity contribution in [2.24, 2.45) is 5.92 Å². The molecule has 1 aliphatic heterocycles. The molecule has 2 heterocycles. The Morgan fingerprint density at radius 1 is 1.21 bits per heavy atom. The zero-order chi connectivity index (χ0) is 20.0. The Labute approximate surface area is 170 Å². The SMILES string of the molecule is CC(C)CC(=O)c1n[nH]c2cc(O)c(C(=O)N3Cc4ccc(Br)cc4C3)cc12. The second-order valence-electron chi connectivity index (χ2n) is 7.58. The minimum Gasteiger partial charge on any atom is -0.507 e. The number of benzene rings is 2. The third-order valence-electron chi connectivity index (χ3n) is 4.95. The lowest BCUT2D eigenvalue weighted by atomic mass is 10.0. The van der Waals surface area contributed by atoms with Gasteiger partial charge in [0.2, 0.25) is 0 Å². The van der Waals surface area contributed by atoms with Crippen molar-refractivity contribution in [1.82, 2.24) is 15.1 Å². The van der Waals surface area contributed by atoms with E-state index in [2.05, 4.69) is 26.1 Å². The number of hydrogen-bond donors (Lipinski definition) is 2. The van der Waals surface area contributed by atoms with Gasteiger partial charge >= 0.3 is 0 Å². The van der Waals surface area contributed by atoms with Crippen LogP contribution in [0.25, 0.3) is 10.9 Å². The number of aromatic hydroxyl groups is 1. The number of ketones is 1. The number of aromatic nitrogens is 2. The van der Waals surface area contributed by atoms with Crippen molar-refractivity contribution in [1.29, 1.82) is 0 Å². The monoisotopic (exact) mass is 441 g/mol. The lowest BCUT2D eigenvalue weighted by Crippen LogP contribution is -2.25. The number of nitrogens with one attached hydrogen (secondary N) is 1. The molecule has 28 heavy (non-hydrogen) atoms. The van der Waals surface area contributed by atoms with Gasteiger partial charge in [0.25, 0.3) is 5.91 Å². The van der Waals surface area contributed by atoms with E-state index in [0.717, 1.165) is 15.6 Å². The summed E-state index contributed by atoms with van der Waals surface area (Å²) in [5.74, 6) is -0.264. The van der Waals surface area contributed by atoms with Gasteiger partial charge in [-0.15, -0.1) is 0 Å². The van der Waals surface area contributed by atoms with Gasteiger partial charge in [-0.1, -0.05) is 35.8 Å². The van der Waals surface area contributed by atoms with Crippen molar-refractivity contribution in [2.75, 3.05) is 0 Å². The highest BCUT2D eigenvalue weighted by Crippen LogP contribution is 2.31. The molecule has 0 bridgehead atoms. The summed E-state index contributed by atoms with van der Waals surface area (Å²) in [5, 5.41) is 17.9. The van der Waals surface area contributed by atoms with Crippen LogP contribution in [0.1, 0.15) is 52.2 Å². The molecule has 0 saturated carbocycles. The van der Waals surface area contributed by atoms with Crippen LogP contribution >= 0.6 is 15.9 Å². The van der Waals surface area contributed by atoms with Crippen molar-refractivity contribution in [2.45, 2.75) is 33.4 Å². The molecule has 1 aliphatic rings. The standard InChI is InChI=1S/C21H20BrN3O3/c1-11(2)5-19(27)20-15-7-16(18(26)8-17(15)23-24-20)21(28)25-9-12-3-4-14(22)6-13(12)10-25/h3-4,6-8,11,26H,5,9-10H2,1-2H3,(H,23,24). The summed E-state index contributed by atoms with van der Waals surface area (Å²) >= 11 is 3.45. The van der Waals surface area contributed by atoms with E-state index in [1.807, 2.05) is 32.0 Å². The fourth-order valence-electron chi connectivity index (χ4n) is 3.58. The van der Waals surface area contributed by atoms with E-state index in [1.54, 1.807) is 11.0 Å². The van der Waals surface area contributed by atoms with E-state index in [-0.39, 0.29) is 28.9 Å². The molecule has 0 saturated heterocycles. The summed E-state index contributed by atoms with van der Waals surface area (Å²) in [5.41, 5.74) is 3.20. The number of aromatic amines is 1. The van der Waals surface area contributed by atoms with E-state index in [9.17, 15) is 14.7 Å². The van der Waals surface area contributed by atoms with Crippen molar-refractivity contribution in [3.05, 3.63) is 57.2 Å². The first kappa shape index (κ1) is 18.7. The number of phenolic OH excluding ortho intramolecular Hbond substituents is 1. The topological polar surface area (TPSA) is 86.3 Å². The number of carbonyl (C=O) groups is 2. The van der Waals surface area contributed by atoms with Gasteiger partial charge < -0.3 is 10.0 Å².